The molecule has 1 aromatic carbocycles. The van der Waals surface area contributed by atoms with Crippen molar-refractivity contribution in [2.24, 2.45) is 0 Å². The summed E-state index contributed by atoms with van der Waals surface area (Å²) in [6, 6.07) is 9.57. The van der Waals surface area contributed by atoms with Crippen molar-refractivity contribution in [3.8, 4) is 0 Å². The molecule has 0 aliphatic carbocycles. The molecule has 100 valence electrons. The zero-order valence-electron chi connectivity index (χ0n) is 11.0. The Morgan fingerprint density at radius 1 is 1.37 bits per heavy atom. The predicted octanol–water partition coefficient (Wildman–Crippen LogP) is 2.12. The van der Waals surface area contributed by atoms with Crippen molar-refractivity contribution in [1.29, 1.82) is 0 Å². The number of rotatable bonds is 5. The van der Waals surface area contributed by atoms with Gasteiger partial charge in [0, 0.05) is 19.2 Å². The monoisotopic (exact) mass is 276 g/mol. The quantitative estimate of drug-likeness (QED) is 0.850. The fourth-order valence-electron chi connectivity index (χ4n) is 1.52. The summed E-state index contributed by atoms with van der Waals surface area (Å²) in [7, 11) is 1.77. The van der Waals surface area contributed by atoms with Crippen molar-refractivity contribution in [3.05, 3.63) is 36.2 Å². The molecule has 6 heteroatoms. The summed E-state index contributed by atoms with van der Waals surface area (Å²) in [5.41, 5.74) is 0.886. The summed E-state index contributed by atoms with van der Waals surface area (Å²) in [6.45, 7) is 2.00. The number of anilines is 1. The normalized spacial score (nSPS) is 10.4. The minimum atomic E-state index is 0.0269. The molecule has 2 rings (SSSR count). The van der Waals surface area contributed by atoms with Gasteiger partial charge in [-0.1, -0.05) is 36.9 Å². The molecule has 0 unspecified atom stereocenters. The first-order chi connectivity index (χ1) is 9.20. The number of aromatic amines is 1. The van der Waals surface area contributed by atoms with Gasteiger partial charge in [-0.15, -0.1) is 5.10 Å². The average Bonchev–Trinajstić information content (AvgIpc) is 2.93. The number of hydrogen-bond donors (Lipinski definition) is 1. The van der Waals surface area contributed by atoms with Gasteiger partial charge in [0.25, 0.3) is 0 Å². The van der Waals surface area contributed by atoms with E-state index >= 15 is 0 Å². The van der Waals surface area contributed by atoms with E-state index in [0.717, 1.165) is 17.9 Å². The maximum absolute atomic E-state index is 12.0. The third-order valence-electron chi connectivity index (χ3n) is 2.69. The van der Waals surface area contributed by atoms with Crippen molar-refractivity contribution < 1.29 is 4.79 Å². The van der Waals surface area contributed by atoms with Crippen LogP contribution in [-0.2, 0) is 11.2 Å². The second-order valence-electron chi connectivity index (χ2n) is 4.00. The second kappa shape index (κ2) is 6.38. The van der Waals surface area contributed by atoms with Gasteiger partial charge in [0.2, 0.25) is 11.1 Å². The van der Waals surface area contributed by atoms with Crippen molar-refractivity contribution in [3.63, 3.8) is 0 Å². The van der Waals surface area contributed by atoms with Crippen LogP contribution in [0, 0.1) is 0 Å². The van der Waals surface area contributed by atoms with Crippen LogP contribution in [0.2, 0.25) is 0 Å². The number of H-pyrrole nitrogens is 1. The summed E-state index contributed by atoms with van der Waals surface area (Å²) >= 11 is 1.34. The first-order valence-electron chi connectivity index (χ1n) is 6.06. The van der Waals surface area contributed by atoms with Gasteiger partial charge in [-0.2, -0.15) is 0 Å². The highest BCUT2D eigenvalue weighted by molar-refractivity contribution is 7.99. The molecule has 0 radical (unpaired) electrons. The lowest BCUT2D eigenvalue weighted by molar-refractivity contribution is -0.115. The lowest BCUT2D eigenvalue weighted by Gasteiger charge is -2.16. The van der Waals surface area contributed by atoms with Gasteiger partial charge >= 0.3 is 0 Å². The third-order valence-corrected chi connectivity index (χ3v) is 3.52. The smallest absolute Gasteiger partial charge is 0.237 e. The Balaban J connectivity index is 1.91. The fourth-order valence-corrected chi connectivity index (χ4v) is 2.25. The first-order valence-corrected chi connectivity index (χ1v) is 7.05. The molecular weight excluding hydrogens is 260 g/mol. The van der Waals surface area contributed by atoms with Gasteiger partial charge in [-0.3, -0.25) is 9.89 Å². The summed E-state index contributed by atoms with van der Waals surface area (Å²) in [6.07, 6.45) is 0.811. The van der Waals surface area contributed by atoms with E-state index < -0.39 is 0 Å². The SMILES string of the molecule is CCc1nc(SCC(=O)N(C)c2ccccc2)n[nH]1. The van der Waals surface area contributed by atoms with E-state index in [0.29, 0.717) is 10.9 Å². The van der Waals surface area contributed by atoms with Gasteiger partial charge < -0.3 is 4.90 Å². The predicted molar refractivity (Wildman–Crippen MR) is 76.3 cm³/mol. The Kier molecular flexibility index (Phi) is 4.57. The van der Waals surface area contributed by atoms with E-state index in [4.69, 9.17) is 0 Å². The molecule has 1 heterocycles. The maximum atomic E-state index is 12.0. The number of nitrogens with one attached hydrogen (secondary N) is 1. The highest BCUT2D eigenvalue weighted by Gasteiger charge is 2.12. The minimum absolute atomic E-state index is 0.0269. The Morgan fingerprint density at radius 2 is 2.11 bits per heavy atom. The summed E-state index contributed by atoms with van der Waals surface area (Å²) in [4.78, 5) is 17.9. The molecule has 0 bridgehead atoms. The van der Waals surface area contributed by atoms with Crippen LogP contribution in [-0.4, -0.2) is 33.9 Å². The molecule has 1 amide bonds. The Hall–Kier alpha value is -1.82. The number of aryl methyl sites for hydroxylation is 1. The second-order valence-corrected chi connectivity index (χ2v) is 4.94. The Bertz CT molecular complexity index is 541. The summed E-state index contributed by atoms with van der Waals surface area (Å²) in [5.74, 6) is 1.19. The number of thioether (sulfide) groups is 1. The van der Waals surface area contributed by atoms with Crippen molar-refractivity contribution in [2.75, 3.05) is 17.7 Å². The van der Waals surface area contributed by atoms with Crippen molar-refractivity contribution in [1.82, 2.24) is 15.2 Å². The highest BCUT2D eigenvalue weighted by Crippen LogP contribution is 2.16. The van der Waals surface area contributed by atoms with E-state index in [1.807, 2.05) is 37.3 Å². The van der Waals surface area contributed by atoms with Crippen LogP contribution in [0.15, 0.2) is 35.5 Å². The number of amides is 1. The van der Waals surface area contributed by atoms with Gasteiger partial charge in [0.1, 0.15) is 5.82 Å². The summed E-state index contributed by atoms with van der Waals surface area (Å²) in [5, 5.41) is 7.50. The maximum Gasteiger partial charge on any atom is 0.237 e. The molecule has 0 saturated carbocycles. The van der Waals surface area contributed by atoms with E-state index in [1.54, 1.807) is 11.9 Å². The molecule has 0 aliphatic heterocycles. The van der Waals surface area contributed by atoms with Crippen molar-refractivity contribution >= 4 is 23.4 Å². The van der Waals surface area contributed by atoms with Crippen LogP contribution in [0.4, 0.5) is 5.69 Å². The Morgan fingerprint density at radius 3 is 2.74 bits per heavy atom. The molecule has 19 heavy (non-hydrogen) atoms. The molecule has 2 aromatic rings. The number of para-hydroxylation sites is 1. The molecule has 0 saturated heterocycles. The van der Waals surface area contributed by atoms with Crippen LogP contribution in [0.3, 0.4) is 0 Å². The minimum Gasteiger partial charge on any atom is -0.315 e. The van der Waals surface area contributed by atoms with Crippen LogP contribution < -0.4 is 4.90 Å². The molecule has 0 spiro atoms. The lowest BCUT2D eigenvalue weighted by atomic mass is 10.3. The molecule has 0 aliphatic rings. The highest BCUT2D eigenvalue weighted by atomic mass is 32.2. The summed E-state index contributed by atoms with van der Waals surface area (Å²) < 4.78 is 0. The van der Waals surface area contributed by atoms with Gasteiger partial charge in [-0.05, 0) is 12.1 Å². The number of hydrogen-bond acceptors (Lipinski definition) is 4. The van der Waals surface area contributed by atoms with Crippen LogP contribution >= 0.6 is 11.8 Å². The van der Waals surface area contributed by atoms with Crippen molar-refractivity contribution in [2.45, 2.75) is 18.5 Å². The number of carbonyl (C=O) groups is 1. The molecule has 0 fully saturated rings. The van der Waals surface area contributed by atoms with Crippen LogP contribution in [0.1, 0.15) is 12.7 Å². The lowest BCUT2D eigenvalue weighted by Crippen LogP contribution is -2.27. The number of aromatic nitrogens is 3. The third kappa shape index (κ3) is 3.57. The average molecular weight is 276 g/mol. The van der Waals surface area contributed by atoms with E-state index in [1.165, 1.54) is 11.8 Å². The van der Waals surface area contributed by atoms with Gasteiger partial charge in [0.05, 0.1) is 5.75 Å². The molecular formula is C13H16N4OS. The van der Waals surface area contributed by atoms with Crippen LogP contribution in [0.25, 0.3) is 0 Å². The zero-order chi connectivity index (χ0) is 13.7. The largest absolute Gasteiger partial charge is 0.315 e. The fraction of sp³-hybridized carbons (Fsp3) is 0.308. The Labute approximate surface area is 116 Å². The number of carbonyl (C=O) groups excluding carboxylic acids is 1. The van der Waals surface area contributed by atoms with Crippen LogP contribution in [0.5, 0.6) is 0 Å². The zero-order valence-corrected chi connectivity index (χ0v) is 11.8. The van der Waals surface area contributed by atoms with E-state index in [2.05, 4.69) is 15.2 Å². The number of nitrogens with zero attached hydrogens (tertiary/aromatic N) is 3. The molecule has 5 nitrogen and oxygen atoms in total. The standard InChI is InChI=1S/C13H16N4OS/c1-3-11-14-13(16-15-11)19-9-12(18)17(2)10-7-5-4-6-8-10/h4-8H,3,9H2,1-2H3,(H,14,15,16). The van der Waals surface area contributed by atoms with E-state index in [9.17, 15) is 4.79 Å². The molecule has 1 aromatic heterocycles. The van der Waals surface area contributed by atoms with Gasteiger partial charge in [-0.25, -0.2) is 4.98 Å². The first kappa shape index (κ1) is 13.6. The topological polar surface area (TPSA) is 61.9 Å². The molecule has 1 N–H and O–H groups in total. The van der Waals surface area contributed by atoms with E-state index in [-0.39, 0.29) is 5.91 Å². The number of benzene rings is 1. The van der Waals surface area contributed by atoms with Gasteiger partial charge in [0.15, 0.2) is 0 Å². The molecule has 0 atom stereocenters.